The quantitative estimate of drug-likeness (QED) is 0.757. The number of nitrogens with one attached hydrogen (secondary N) is 1. The van der Waals surface area contributed by atoms with Crippen LogP contribution in [0.15, 0.2) is 0 Å². The largest absolute Gasteiger partial charge is 0.355 e. The van der Waals surface area contributed by atoms with Crippen LogP contribution < -0.4 is 5.32 Å². The van der Waals surface area contributed by atoms with Crippen LogP contribution in [0, 0.1) is 5.92 Å². The molecule has 0 aromatic heterocycles. The lowest BCUT2D eigenvalue weighted by molar-refractivity contribution is -0.140. The van der Waals surface area contributed by atoms with Gasteiger partial charge in [0, 0.05) is 38.6 Å². The molecule has 0 aliphatic carbocycles. The maximum Gasteiger partial charge on any atom is 0.227 e. The predicted octanol–water partition coefficient (Wildman–Crippen LogP) is 0.0652. The van der Waals surface area contributed by atoms with Gasteiger partial charge in [0.25, 0.3) is 0 Å². The predicted molar refractivity (Wildman–Crippen MR) is 69.0 cm³/mol. The maximum atomic E-state index is 12.4. The number of hydrogen-bond acceptors (Lipinski definition) is 3. The molecule has 0 saturated carbocycles. The second kappa shape index (κ2) is 5.69. The number of carbonyl (C=O) groups excluding carboxylic acids is 2. The Labute approximate surface area is 108 Å². The third kappa shape index (κ3) is 2.83. The lowest BCUT2D eigenvalue weighted by Crippen LogP contribution is -2.55. The first kappa shape index (κ1) is 13.3. The molecule has 102 valence electrons. The highest BCUT2D eigenvalue weighted by molar-refractivity contribution is 5.83. The van der Waals surface area contributed by atoms with Crippen molar-refractivity contribution >= 4 is 11.8 Å². The number of carbonyl (C=O) groups is 2. The van der Waals surface area contributed by atoms with Crippen molar-refractivity contribution < 1.29 is 9.59 Å². The van der Waals surface area contributed by atoms with E-state index in [0.29, 0.717) is 25.4 Å². The Morgan fingerprint density at radius 1 is 1.44 bits per heavy atom. The Morgan fingerprint density at radius 3 is 2.83 bits per heavy atom. The average Bonchev–Trinajstić information content (AvgIpc) is 2.39. The number of nitrogens with zero attached hydrogens (tertiary/aromatic N) is 2. The molecule has 0 bridgehead atoms. The SMILES string of the molecule is CCC1CN(C(=O)C2CCC(=O)NC2)CCN1C. The minimum Gasteiger partial charge on any atom is -0.355 e. The zero-order valence-corrected chi connectivity index (χ0v) is 11.3. The topological polar surface area (TPSA) is 52.7 Å². The smallest absolute Gasteiger partial charge is 0.227 e. The van der Waals surface area contributed by atoms with E-state index >= 15 is 0 Å². The zero-order chi connectivity index (χ0) is 13.1. The van der Waals surface area contributed by atoms with Gasteiger partial charge in [0.2, 0.25) is 11.8 Å². The van der Waals surface area contributed by atoms with E-state index in [9.17, 15) is 9.59 Å². The lowest BCUT2D eigenvalue weighted by Gasteiger charge is -2.40. The molecule has 5 heteroatoms. The average molecular weight is 253 g/mol. The minimum absolute atomic E-state index is 0.0105. The normalized spacial score (nSPS) is 30.1. The van der Waals surface area contributed by atoms with Crippen LogP contribution >= 0.6 is 0 Å². The number of hydrogen-bond donors (Lipinski definition) is 1. The summed E-state index contributed by atoms with van der Waals surface area (Å²) in [6.07, 6.45) is 2.26. The van der Waals surface area contributed by atoms with Crippen LogP contribution in [0.5, 0.6) is 0 Å². The van der Waals surface area contributed by atoms with E-state index in [1.165, 1.54) is 0 Å². The summed E-state index contributed by atoms with van der Waals surface area (Å²) < 4.78 is 0. The van der Waals surface area contributed by atoms with Crippen LogP contribution in [0.2, 0.25) is 0 Å². The Kier molecular flexibility index (Phi) is 4.22. The van der Waals surface area contributed by atoms with Gasteiger partial charge in [0.05, 0.1) is 5.92 Å². The molecule has 5 nitrogen and oxygen atoms in total. The van der Waals surface area contributed by atoms with Gasteiger partial charge < -0.3 is 10.2 Å². The highest BCUT2D eigenvalue weighted by Gasteiger charge is 2.32. The van der Waals surface area contributed by atoms with E-state index in [0.717, 1.165) is 26.1 Å². The van der Waals surface area contributed by atoms with Gasteiger partial charge in [-0.25, -0.2) is 0 Å². The maximum absolute atomic E-state index is 12.4. The fraction of sp³-hybridized carbons (Fsp3) is 0.846. The van der Waals surface area contributed by atoms with Crippen molar-refractivity contribution in [3.8, 4) is 0 Å². The van der Waals surface area contributed by atoms with Gasteiger partial charge in [-0.15, -0.1) is 0 Å². The third-order valence-electron chi connectivity index (χ3n) is 4.17. The Bertz CT molecular complexity index is 322. The van der Waals surface area contributed by atoms with Crippen molar-refractivity contribution in [3.05, 3.63) is 0 Å². The first-order valence-electron chi connectivity index (χ1n) is 6.87. The molecule has 2 unspecified atom stereocenters. The molecule has 2 atom stereocenters. The first-order chi connectivity index (χ1) is 8.61. The third-order valence-corrected chi connectivity index (χ3v) is 4.17. The van der Waals surface area contributed by atoms with Gasteiger partial charge in [0.15, 0.2) is 0 Å². The molecule has 2 heterocycles. The minimum atomic E-state index is -0.0105. The summed E-state index contributed by atoms with van der Waals surface area (Å²) in [6, 6.07) is 0.473. The van der Waals surface area contributed by atoms with Crippen LogP contribution in [-0.4, -0.2) is 60.9 Å². The lowest BCUT2D eigenvalue weighted by atomic mass is 9.96. The molecule has 0 aromatic carbocycles. The molecule has 2 fully saturated rings. The van der Waals surface area contributed by atoms with Crippen molar-refractivity contribution in [2.75, 3.05) is 33.2 Å². The van der Waals surface area contributed by atoms with E-state index in [1.807, 2.05) is 4.90 Å². The molecular weight excluding hydrogens is 230 g/mol. The van der Waals surface area contributed by atoms with Gasteiger partial charge >= 0.3 is 0 Å². The summed E-state index contributed by atoms with van der Waals surface area (Å²) in [6.45, 7) is 5.27. The summed E-state index contributed by atoms with van der Waals surface area (Å²) >= 11 is 0. The molecule has 2 amide bonds. The molecule has 0 spiro atoms. The molecule has 0 radical (unpaired) electrons. The van der Waals surface area contributed by atoms with Crippen LogP contribution in [0.1, 0.15) is 26.2 Å². The van der Waals surface area contributed by atoms with Crippen LogP contribution in [0.25, 0.3) is 0 Å². The fourth-order valence-electron chi connectivity index (χ4n) is 2.79. The highest BCUT2D eigenvalue weighted by Crippen LogP contribution is 2.18. The van der Waals surface area contributed by atoms with Gasteiger partial charge in [0.1, 0.15) is 0 Å². The Balaban J connectivity index is 1.91. The summed E-state index contributed by atoms with van der Waals surface area (Å²) in [5.74, 6) is 0.286. The van der Waals surface area contributed by atoms with Crippen LogP contribution in [0.4, 0.5) is 0 Å². The second-order valence-corrected chi connectivity index (χ2v) is 5.37. The number of piperazine rings is 1. The van der Waals surface area contributed by atoms with E-state index in [4.69, 9.17) is 0 Å². The van der Waals surface area contributed by atoms with Gasteiger partial charge in [-0.05, 0) is 19.9 Å². The van der Waals surface area contributed by atoms with Crippen LogP contribution in [0.3, 0.4) is 0 Å². The zero-order valence-electron chi connectivity index (χ0n) is 11.3. The standard InChI is InChI=1S/C13H23N3O2/c1-3-11-9-16(7-6-15(11)2)13(18)10-4-5-12(17)14-8-10/h10-11H,3-9H2,1-2H3,(H,14,17). The summed E-state index contributed by atoms with van der Waals surface area (Å²) in [5, 5.41) is 2.79. The Hall–Kier alpha value is -1.10. The van der Waals surface area contributed by atoms with Crippen molar-refractivity contribution in [2.45, 2.75) is 32.2 Å². The molecule has 18 heavy (non-hydrogen) atoms. The van der Waals surface area contributed by atoms with Gasteiger partial charge in [-0.3, -0.25) is 14.5 Å². The van der Waals surface area contributed by atoms with Crippen molar-refractivity contribution in [1.29, 1.82) is 0 Å². The molecule has 2 rings (SSSR count). The van der Waals surface area contributed by atoms with E-state index in [2.05, 4.69) is 24.2 Å². The number of rotatable bonds is 2. The Morgan fingerprint density at radius 2 is 2.22 bits per heavy atom. The summed E-state index contributed by atoms with van der Waals surface area (Å²) in [4.78, 5) is 27.8. The second-order valence-electron chi connectivity index (χ2n) is 5.37. The first-order valence-corrected chi connectivity index (χ1v) is 6.87. The summed E-state index contributed by atoms with van der Waals surface area (Å²) in [5.41, 5.74) is 0. The van der Waals surface area contributed by atoms with E-state index < -0.39 is 0 Å². The molecule has 2 aliphatic heterocycles. The molecule has 0 aromatic rings. The van der Waals surface area contributed by atoms with E-state index in [-0.39, 0.29) is 17.7 Å². The monoisotopic (exact) mass is 253 g/mol. The molecular formula is C13H23N3O2. The molecule has 2 saturated heterocycles. The summed E-state index contributed by atoms with van der Waals surface area (Å²) in [7, 11) is 2.12. The molecule has 1 N–H and O–H groups in total. The van der Waals surface area contributed by atoms with Crippen molar-refractivity contribution in [1.82, 2.24) is 15.1 Å². The molecule has 2 aliphatic rings. The van der Waals surface area contributed by atoms with E-state index in [1.54, 1.807) is 0 Å². The number of amides is 2. The van der Waals surface area contributed by atoms with Crippen LogP contribution in [-0.2, 0) is 9.59 Å². The van der Waals surface area contributed by atoms with Gasteiger partial charge in [-0.1, -0.05) is 6.92 Å². The number of piperidine rings is 1. The fourth-order valence-corrected chi connectivity index (χ4v) is 2.79. The van der Waals surface area contributed by atoms with Crippen molar-refractivity contribution in [2.24, 2.45) is 5.92 Å². The van der Waals surface area contributed by atoms with Crippen molar-refractivity contribution in [3.63, 3.8) is 0 Å². The number of likely N-dealkylation sites (N-methyl/N-ethyl adjacent to an activating group) is 1. The van der Waals surface area contributed by atoms with Gasteiger partial charge in [-0.2, -0.15) is 0 Å². The highest BCUT2D eigenvalue weighted by atomic mass is 16.2.